The van der Waals surface area contributed by atoms with E-state index in [1.807, 2.05) is 48.7 Å². The van der Waals surface area contributed by atoms with Gasteiger partial charge in [-0.05, 0) is 60.7 Å². The van der Waals surface area contributed by atoms with E-state index in [0.29, 0.717) is 24.3 Å². The van der Waals surface area contributed by atoms with E-state index >= 15 is 0 Å². The van der Waals surface area contributed by atoms with E-state index in [-0.39, 0.29) is 32.2 Å². The van der Waals surface area contributed by atoms with Crippen molar-refractivity contribution >= 4 is 34.9 Å². The van der Waals surface area contributed by atoms with Crippen molar-refractivity contribution in [2.24, 2.45) is 0 Å². The van der Waals surface area contributed by atoms with Gasteiger partial charge in [0.25, 0.3) is 0 Å². The minimum absolute atomic E-state index is 0.104. The van der Waals surface area contributed by atoms with Gasteiger partial charge in [0.2, 0.25) is 5.91 Å². The Bertz CT molecular complexity index is 1160. The molecule has 3 amide bonds. The van der Waals surface area contributed by atoms with Crippen molar-refractivity contribution in [1.82, 2.24) is 9.80 Å². The second-order valence-corrected chi connectivity index (χ2v) is 9.41. The first kappa shape index (κ1) is 27.9. The summed E-state index contributed by atoms with van der Waals surface area (Å²) in [6.45, 7) is 5.38. The van der Waals surface area contributed by atoms with Crippen LogP contribution in [0.3, 0.4) is 0 Å². The summed E-state index contributed by atoms with van der Waals surface area (Å²) in [5.74, 6) is -0.590. The van der Waals surface area contributed by atoms with Gasteiger partial charge < -0.3 is 24.6 Å². The van der Waals surface area contributed by atoms with Gasteiger partial charge in [-0.15, -0.1) is 11.3 Å². The average molecular weight is 524 g/mol. The van der Waals surface area contributed by atoms with Gasteiger partial charge in [-0.3, -0.25) is 4.79 Å². The molecule has 0 aliphatic rings. The predicted octanol–water partition coefficient (Wildman–Crippen LogP) is 4.94. The molecule has 0 bridgehead atoms. The van der Waals surface area contributed by atoms with Crippen molar-refractivity contribution in [2.75, 3.05) is 38.7 Å². The van der Waals surface area contributed by atoms with Gasteiger partial charge in [-0.25, -0.2) is 9.59 Å². The van der Waals surface area contributed by atoms with Crippen LogP contribution in [0, 0.1) is 6.92 Å². The smallest absolute Gasteiger partial charge is 0.338 e. The Labute approximate surface area is 221 Å². The molecule has 0 fully saturated rings. The van der Waals surface area contributed by atoms with Crippen LogP contribution in [0.2, 0.25) is 0 Å². The number of aryl methyl sites for hydroxylation is 1. The lowest BCUT2D eigenvalue weighted by atomic mass is 10.2. The highest BCUT2D eigenvalue weighted by Gasteiger charge is 2.23. The lowest BCUT2D eigenvalue weighted by Crippen LogP contribution is -2.45. The maximum atomic E-state index is 13.5. The van der Waals surface area contributed by atoms with Crippen LogP contribution in [0.15, 0.2) is 66.0 Å². The van der Waals surface area contributed by atoms with Crippen LogP contribution in [-0.4, -0.2) is 61.1 Å². The molecule has 0 aliphatic carbocycles. The fraction of sp³-hybridized carbons (Fsp3) is 0.321. The summed E-state index contributed by atoms with van der Waals surface area (Å²) in [4.78, 5) is 42.8. The van der Waals surface area contributed by atoms with Crippen LogP contribution < -0.4 is 5.32 Å². The first-order valence-electron chi connectivity index (χ1n) is 12.1. The Morgan fingerprint density at radius 1 is 0.946 bits per heavy atom. The summed E-state index contributed by atoms with van der Waals surface area (Å²) < 4.78 is 10.2. The molecule has 0 aliphatic heterocycles. The van der Waals surface area contributed by atoms with Crippen molar-refractivity contribution in [3.8, 4) is 0 Å². The highest BCUT2D eigenvalue weighted by atomic mass is 32.1. The number of hydrogen-bond donors (Lipinski definition) is 1. The fourth-order valence-corrected chi connectivity index (χ4v) is 4.52. The van der Waals surface area contributed by atoms with Crippen LogP contribution in [0.25, 0.3) is 0 Å². The molecular weight excluding hydrogens is 490 g/mol. The van der Waals surface area contributed by atoms with E-state index in [4.69, 9.17) is 9.47 Å². The van der Waals surface area contributed by atoms with Crippen LogP contribution in [0.1, 0.15) is 33.3 Å². The molecule has 3 rings (SSSR count). The number of urea groups is 1. The molecule has 0 unspecified atom stereocenters. The van der Waals surface area contributed by atoms with Gasteiger partial charge in [-0.1, -0.05) is 30.3 Å². The molecule has 8 nitrogen and oxygen atoms in total. The van der Waals surface area contributed by atoms with E-state index in [1.54, 1.807) is 54.5 Å². The number of methoxy groups -OCH3 is 1. The van der Waals surface area contributed by atoms with Crippen molar-refractivity contribution in [3.05, 3.63) is 87.6 Å². The van der Waals surface area contributed by atoms with E-state index in [2.05, 4.69) is 5.32 Å². The first-order valence-corrected chi connectivity index (χ1v) is 13.0. The summed E-state index contributed by atoms with van der Waals surface area (Å²) in [6, 6.07) is 17.8. The molecule has 1 heterocycles. The van der Waals surface area contributed by atoms with Crippen LogP contribution in [-0.2, 0) is 27.4 Å². The summed E-state index contributed by atoms with van der Waals surface area (Å²) in [5.41, 5.74) is 3.05. The van der Waals surface area contributed by atoms with Crippen LogP contribution in [0.4, 0.5) is 10.5 Å². The van der Waals surface area contributed by atoms with Gasteiger partial charge >= 0.3 is 12.0 Å². The monoisotopic (exact) mass is 523 g/mol. The minimum atomic E-state index is -0.429. The Hall–Kier alpha value is -3.69. The molecule has 0 saturated heterocycles. The quantitative estimate of drug-likeness (QED) is 0.340. The third kappa shape index (κ3) is 8.44. The van der Waals surface area contributed by atoms with Gasteiger partial charge in [0.1, 0.15) is 6.54 Å². The summed E-state index contributed by atoms with van der Waals surface area (Å²) in [5, 5.41) is 4.82. The Kier molecular flexibility index (Phi) is 10.7. The molecule has 0 saturated carbocycles. The van der Waals surface area contributed by atoms with Crippen molar-refractivity contribution in [3.63, 3.8) is 0 Å². The molecule has 0 radical (unpaired) electrons. The minimum Gasteiger partial charge on any atom is -0.462 e. The van der Waals surface area contributed by atoms with E-state index in [0.717, 1.165) is 16.0 Å². The zero-order chi connectivity index (χ0) is 26.6. The molecular formula is C28H33N3O5S. The Morgan fingerprint density at radius 3 is 2.30 bits per heavy atom. The Morgan fingerprint density at radius 2 is 1.68 bits per heavy atom. The molecule has 0 spiro atoms. The summed E-state index contributed by atoms with van der Waals surface area (Å²) >= 11 is 1.61. The zero-order valence-corrected chi connectivity index (χ0v) is 22.3. The lowest BCUT2D eigenvalue weighted by Gasteiger charge is -2.28. The number of carbonyl (C=O) groups excluding carboxylic acids is 3. The van der Waals surface area contributed by atoms with Gasteiger partial charge in [0.15, 0.2) is 0 Å². The number of hydrogen-bond acceptors (Lipinski definition) is 6. The lowest BCUT2D eigenvalue weighted by molar-refractivity contribution is -0.133. The molecule has 196 valence electrons. The number of nitrogens with zero attached hydrogens (tertiary/aromatic N) is 2. The second-order valence-electron chi connectivity index (χ2n) is 8.40. The highest BCUT2D eigenvalue weighted by Crippen LogP contribution is 2.20. The highest BCUT2D eigenvalue weighted by molar-refractivity contribution is 7.10. The van der Waals surface area contributed by atoms with Crippen molar-refractivity contribution < 1.29 is 23.9 Å². The average Bonchev–Trinajstić information content (AvgIpc) is 3.31. The molecule has 37 heavy (non-hydrogen) atoms. The number of ether oxygens (including phenoxy) is 2. The standard InChI is InChI=1S/C28H33N3O5S/c1-4-36-27(33)23-10-12-24(13-11-23)29-28(34)30(15-16-35-3)20-26(32)31(18-22-8-6-5-7-9-22)19-25-21(2)14-17-37-25/h5-14,17H,4,15-16,18-20H2,1-3H3,(H,29,34). The van der Waals surface area contributed by atoms with E-state index in [1.165, 1.54) is 4.90 Å². The molecule has 1 aromatic heterocycles. The summed E-state index contributed by atoms with van der Waals surface area (Å²) in [7, 11) is 1.55. The number of amides is 3. The van der Waals surface area contributed by atoms with E-state index in [9.17, 15) is 14.4 Å². The van der Waals surface area contributed by atoms with Gasteiger partial charge in [-0.2, -0.15) is 0 Å². The molecule has 1 N–H and O–H groups in total. The second kappa shape index (κ2) is 14.2. The van der Waals surface area contributed by atoms with E-state index < -0.39 is 12.0 Å². The summed E-state index contributed by atoms with van der Waals surface area (Å²) in [6.07, 6.45) is 0. The number of esters is 1. The molecule has 9 heteroatoms. The molecule has 3 aromatic rings. The Balaban J connectivity index is 1.72. The predicted molar refractivity (Wildman–Crippen MR) is 145 cm³/mol. The normalized spacial score (nSPS) is 10.6. The van der Waals surface area contributed by atoms with Crippen LogP contribution >= 0.6 is 11.3 Å². The SMILES string of the molecule is CCOC(=O)c1ccc(NC(=O)N(CCOC)CC(=O)N(Cc2ccccc2)Cc2sccc2C)cc1. The van der Waals surface area contributed by atoms with Crippen molar-refractivity contribution in [1.29, 1.82) is 0 Å². The maximum absolute atomic E-state index is 13.5. The number of rotatable bonds is 12. The number of nitrogens with one attached hydrogen (secondary N) is 1. The number of carbonyl (C=O) groups is 3. The molecule has 2 aromatic carbocycles. The van der Waals surface area contributed by atoms with Crippen LogP contribution in [0.5, 0.6) is 0 Å². The third-order valence-corrected chi connectivity index (χ3v) is 6.71. The number of anilines is 1. The van der Waals surface area contributed by atoms with Gasteiger partial charge in [0, 0.05) is 30.8 Å². The topological polar surface area (TPSA) is 88.2 Å². The number of benzene rings is 2. The van der Waals surface area contributed by atoms with Crippen molar-refractivity contribution in [2.45, 2.75) is 26.9 Å². The molecule has 0 atom stereocenters. The van der Waals surface area contributed by atoms with Gasteiger partial charge in [0.05, 0.1) is 25.3 Å². The zero-order valence-electron chi connectivity index (χ0n) is 21.4. The third-order valence-electron chi connectivity index (χ3n) is 5.70. The largest absolute Gasteiger partial charge is 0.462 e. The maximum Gasteiger partial charge on any atom is 0.338 e. The first-order chi connectivity index (χ1) is 17.9. The fourth-order valence-electron chi connectivity index (χ4n) is 3.60. The number of thiophene rings is 1.